The first kappa shape index (κ1) is 11.9. The molecule has 19 heavy (non-hydrogen) atoms. The molecule has 0 aliphatic heterocycles. The SMILES string of the molecule is Cc1cc2ncc(CNCCc3ccco3)cn2n1. The Morgan fingerprint density at radius 3 is 3.21 bits per heavy atom. The number of aromatic nitrogens is 3. The van der Waals surface area contributed by atoms with Crippen molar-refractivity contribution in [1.29, 1.82) is 0 Å². The summed E-state index contributed by atoms with van der Waals surface area (Å²) >= 11 is 0. The second-order valence-electron chi connectivity index (χ2n) is 4.56. The van der Waals surface area contributed by atoms with E-state index in [1.807, 2.05) is 42.0 Å². The van der Waals surface area contributed by atoms with E-state index in [1.54, 1.807) is 6.26 Å². The standard InChI is InChI=1S/C14H16N4O/c1-11-7-14-16-9-12(10-18(14)17-11)8-15-5-4-13-3-2-6-19-13/h2-3,6-7,9-10,15H,4-5,8H2,1H3. The van der Waals surface area contributed by atoms with Gasteiger partial charge in [-0.15, -0.1) is 0 Å². The molecule has 0 aromatic carbocycles. The summed E-state index contributed by atoms with van der Waals surface area (Å²) in [7, 11) is 0. The molecule has 0 saturated carbocycles. The fourth-order valence-electron chi connectivity index (χ4n) is 2.02. The van der Waals surface area contributed by atoms with Gasteiger partial charge in [-0.2, -0.15) is 5.10 Å². The zero-order chi connectivity index (χ0) is 13.1. The van der Waals surface area contributed by atoms with Crippen molar-refractivity contribution < 1.29 is 4.42 Å². The maximum atomic E-state index is 5.28. The monoisotopic (exact) mass is 256 g/mol. The molecule has 3 aromatic rings. The van der Waals surface area contributed by atoms with Crippen molar-refractivity contribution in [1.82, 2.24) is 19.9 Å². The van der Waals surface area contributed by atoms with Crippen molar-refractivity contribution in [2.45, 2.75) is 19.9 Å². The molecule has 0 spiro atoms. The molecule has 0 fully saturated rings. The van der Waals surface area contributed by atoms with Crippen LogP contribution in [-0.2, 0) is 13.0 Å². The predicted molar refractivity (Wildman–Crippen MR) is 71.8 cm³/mol. The maximum absolute atomic E-state index is 5.28. The third-order valence-corrected chi connectivity index (χ3v) is 2.95. The van der Waals surface area contributed by atoms with Gasteiger partial charge in [0.15, 0.2) is 5.65 Å². The van der Waals surface area contributed by atoms with Gasteiger partial charge in [0.25, 0.3) is 0 Å². The summed E-state index contributed by atoms with van der Waals surface area (Å²) in [5.41, 5.74) is 2.99. The predicted octanol–water partition coefficient (Wildman–Crippen LogP) is 1.96. The number of nitrogens with one attached hydrogen (secondary N) is 1. The number of nitrogens with zero attached hydrogens (tertiary/aromatic N) is 3. The molecular weight excluding hydrogens is 240 g/mol. The molecule has 3 rings (SSSR count). The van der Waals surface area contributed by atoms with Crippen molar-refractivity contribution in [3.05, 3.63) is 53.9 Å². The van der Waals surface area contributed by atoms with Crippen molar-refractivity contribution >= 4 is 5.65 Å². The smallest absolute Gasteiger partial charge is 0.155 e. The van der Waals surface area contributed by atoms with Crippen molar-refractivity contribution in [3.8, 4) is 0 Å². The van der Waals surface area contributed by atoms with Crippen LogP contribution in [0.15, 0.2) is 41.3 Å². The lowest BCUT2D eigenvalue weighted by molar-refractivity contribution is 0.498. The minimum absolute atomic E-state index is 0.780. The van der Waals surface area contributed by atoms with Gasteiger partial charge in [0, 0.05) is 43.5 Å². The Morgan fingerprint density at radius 1 is 1.42 bits per heavy atom. The Bertz CT molecular complexity index is 657. The second-order valence-corrected chi connectivity index (χ2v) is 4.56. The van der Waals surface area contributed by atoms with Gasteiger partial charge in [0.1, 0.15) is 5.76 Å². The maximum Gasteiger partial charge on any atom is 0.155 e. The molecule has 0 saturated heterocycles. The zero-order valence-corrected chi connectivity index (χ0v) is 10.8. The molecule has 0 radical (unpaired) electrons. The summed E-state index contributed by atoms with van der Waals surface area (Å²) in [6.45, 7) is 3.63. The van der Waals surface area contributed by atoms with E-state index in [4.69, 9.17) is 4.42 Å². The molecule has 3 heterocycles. The summed E-state index contributed by atoms with van der Waals surface area (Å²) < 4.78 is 7.10. The van der Waals surface area contributed by atoms with Gasteiger partial charge >= 0.3 is 0 Å². The van der Waals surface area contributed by atoms with Crippen LogP contribution >= 0.6 is 0 Å². The fraction of sp³-hybridized carbons (Fsp3) is 0.286. The average Bonchev–Trinajstić information content (AvgIpc) is 3.02. The lowest BCUT2D eigenvalue weighted by atomic mass is 10.3. The second kappa shape index (κ2) is 5.24. The van der Waals surface area contributed by atoms with E-state index in [0.29, 0.717) is 0 Å². The summed E-state index contributed by atoms with van der Waals surface area (Å²) in [6.07, 6.45) is 6.49. The van der Waals surface area contributed by atoms with E-state index in [9.17, 15) is 0 Å². The zero-order valence-electron chi connectivity index (χ0n) is 10.8. The number of hydrogen-bond donors (Lipinski definition) is 1. The van der Waals surface area contributed by atoms with Crippen LogP contribution in [0.4, 0.5) is 0 Å². The molecule has 3 aromatic heterocycles. The van der Waals surface area contributed by atoms with Crippen molar-refractivity contribution in [2.75, 3.05) is 6.54 Å². The highest BCUT2D eigenvalue weighted by Crippen LogP contribution is 2.05. The highest BCUT2D eigenvalue weighted by atomic mass is 16.3. The highest BCUT2D eigenvalue weighted by molar-refractivity contribution is 5.38. The van der Waals surface area contributed by atoms with E-state index >= 15 is 0 Å². The quantitative estimate of drug-likeness (QED) is 0.709. The van der Waals surface area contributed by atoms with Gasteiger partial charge in [0.05, 0.1) is 12.0 Å². The van der Waals surface area contributed by atoms with Crippen LogP contribution in [0.25, 0.3) is 5.65 Å². The largest absolute Gasteiger partial charge is 0.469 e. The topological polar surface area (TPSA) is 55.4 Å². The normalized spacial score (nSPS) is 11.2. The minimum atomic E-state index is 0.780. The average molecular weight is 256 g/mol. The van der Waals surface area contributed by atoms with Crippen LogP contribution in [0.2, 0.25) is 0 Å². The van der Waals surface area contributed by atoms with Gasteiger partial charge in [-0.1, -0.05) is 0 Å². The molecule has 0 unspecified atom stereocenters. The third-order valence-electron chi connectivity index (χ3n) is 2.95. The van der Waals surface area contributed by atoms with Crippen LogP contribution in [0.5, 0.6) is 0 Å². The Morgan fingerprint density at radius 2 is 2.37 bits per heavy atom. The van der Waals surface area contributed by atoms with E-state index in [-0.39, 0.29) is 0 Å². The van der Waals surface area contributed by atoms with E-state index < -0.39 is 0 Å². The van der Waals surface area contributed by atoms with Crippen LogP contribution in [0.3, 0.4) is 0 Å². The molecule has 0 aliphatic carbocycles. The van der Waals surface area contributed by atoms with E-state index in [1.165, 1.54) is 0 Å². The van der Waals surface area contributed by atoms with Gasteiger partial charge in [-0.3, -0.25) is 0 Å². The summed E-state index contributed by atoms with van der Waals surface area (Å²) in [5, 5.41) is 7.72. The third kappa shape index (κ3) is 2.82. The highest BCUT2D eigenvalue weighted by Gasteiger charge is 2.01. The molecule has 0 bridgehead atoms. The molecular formula is C14H16N4O. The minimum Gasteiger partial charge on any atom is -0.469 e. The Kier molecular flexibility index (Phi) is 3.29. The first-order valence-corrected chi connectivity index (χ1v) is 6.35. The number of fused-ring (bicyclic) bond motifs is 1. The van der Waals surface area contributed by atoms with Crippen molar-refractivity contribution in [2.24, 2.45) is 0 Å². The summed E-state index contributed by atoms with van der Waals surface area (Å²) in [6, 6.07) is 5.86. The first-order chi connectivity index (χ1) is 9.31. The lowest BCUT2D eigenvalue weighted by Crippen LogP contribution is -2.17. The molecule has 0 amide bonds. The van der Waals surface area contributed by atoms with Gasteiger partial charge in [-0.05, 0) is 19.1 Å². The lowest BCUT2D eigenvalue weighted by Gasteiger charge is -2.03. The number of hydrogen-bond acceptors (Lipinski definition) is 4. The number of rotatable bonds is 5. The Balaban J connectivity index is 1.56. The van der Waals surface area contributed by atoms with E-state index in [2.05, 4.69) is 15.4 Å². The molecule has 0 atom stereocenters. The summed E-state index contributed by atoms with van der Waals surface area (Å²) in [4.78, 5) is 4.37. The first-order valence-electron chi connectivity index (χ1n) is 6.35. The molecule has 5 nitrogen and oxygen atoms in total. The Labute approximate surface area is 111 Å². The van der Waals surface area contributed by atoms with Gasteiger partial charge in [0.2, 0.25) is 0 Å². The van der Waals surface area contributed by atoms with Crippen molar-refractivity contribution in [3.63, 3.8) is 0 Å². The fourth-order valence-corrected chi connectivity index (χ4v) is 2.02. The van der Waals surface area contributed by atoms with E-state index in [0.717, 1.165) is 42.2 Å². The van der Waals surface area contributed by atoms with Crippen LogP contribution < -0.4 is 5.32 Å². The molecule has 98 valence electrons. The van der Waals surface area contributed by atoms with Gasteiger partial charge in [-0.25, -0.2) is 9.50 Å². The number of furan rings is 1. The Hall–Kier alpha value is -2.14. The summed E-state index contributed by atoms with van der Waals surface area (Å²) in [5.74, 6) is 1.00. The molecule has 0 aliphatic rings. The van der Waals surface area contributed by atoms with Crippen LogP contribution in [-0.4, -0.2) is 21.1 Å². The molecule has 5 heteroatoms. The number of aryl methyl sites for hydroxylation is 1. The van der Waals surface area contributed by atoms with Crippen LogP contribution in [0, 0.1) is 6.92 Å². The molecule has 1 N–H and O–H groups in total. The van der Waals surface area contributed by atoms with Crippen LogP contribution in [0.1, 0.15) is 17.0 Å². The van der Waals surface area contributed by atoms with Gasteiger partial charge < -0.3 is 9.73 Å².